The molecule has 1 unspecified atom stereocenters. The highest BCUT2D eigenvalue weighted by Gasteiger charge is 2.14. The lowest BCUT2D eigenvalue weighted by atomic mass is 10.0. The van der Waals surface area contributed by atoms with Gasteiger partial charge in [0.1, 0.15) is 11.6 Å². The molecule has 0 radical (unpaired) electrons. The fourth-order valence-electron chi connectivity index (χ4n) is 1.85. The summed E-state index contributed by atoms with van der Waals surface area (Å²) in [6, 6.07) is 13.9. The van der Waals surface area contributed by atoms with Crippen LogP contribution < -0.4 is 4.74 Å². The van der Waals surface area contributed by atoms with Crippen LogP contribution in [0, 0.1) is 5.82 Å². The lowest BCUT2D eigenvalue weighted by Crippen LogP contribution is -2.04. The van der Waals surface area contributed by atoms with E-state index in [1.165, 1.54) is 25.3 Å². The van der Waals surface area contributed by atoms with Gasteiger partial charge in [-0.05, 0) is 23.8 Å². The average Bonchev–Trinajstić information content (AvgIpc) is 2.40. The number of methoxy groups -OCH3 is 1. The second-order valence-electron chi connectivity index (χ2n) is 4.09. The molecule has 2 nitrogen and oxygen atoms in total. The van der Waals surface area contributed by atoms with Gasteiger partial charge in [0.05, 0.1) is 13.2 Å². The number of hydrogen-bond acceptors (Lipinski definition) is 2. The molecule has 0 saturated carbocycles. The molecule has 1 N–H and O–H groups in total. The topological polar surface area (TPSA) is 29.5 Å². The monoisotopic (exact) mass is 246 g/mol. The van der Waals surface area contributed by atoms with Crippen LogP contribution in [-0.4, -0.2) is 12.2 Å². The SMILES string of the molecule is COc1ccc(F)c(C(O)Cc2ccccc2)c1. The number of halogens is 1. The molecule has 0 aromatic heterocycles. The van der Waals surface area contributed by atoms with E-state index >= 15 is 0 Å². The Bertz CT molecular complexity index is 511. The van der Waals surface area contributed by atoms with E-state index in [1.807, 2.05) is 30.3 Å². The van der Waals surface area contributed by atoms with Crippen LogP contribution in [0.5, 0.6) is 5.75 Å². The van der Waals surface area contributed by atoms with Crippen molar-refractivity contribution in [3.63, 3.8) is 0 Å². The quantitative estimate of drug-likeness (QED) is 0.898. The summed E-state index contributed by atoms with van der Waals surface area (Å²) in [6.07, 6.45) is -0.493. The van der Waals surface area contributed by atoms with E-state index < -0.39 is 11.9 Å². The van der Waals surface area contributed by atoms with E-state index in [4.69, 9.17) is 4.74 Å². The standard InChI is InChI=1S/C15H15FO2/c1-18-12-7-8-14(16)13(10-12)15(17)9-11-5-3-2-4-6-11/h2-8,10,15,17H,9H2,1H3. The number of rotatable bonds is 4. The predicted molar refractivity (Wildman–Crippen MR) is 68.1 cm³/mol. The van der Waals surface area contributed by atoms with Gasteiger partial charge in [0, 0.05) is 12.0 Å². The van der Waals surface area contributed by atoms with Gasteiger partial charge in [-0.25, -0.2) is 4.39 Å². The van der Waals surface area contributed by atoms with Gasteiger partial charge in [-0.15, -0.1) is 0 Å². The van der Waals surface area contributed by atoms with Crippen molar-refractivity contribution in [1.29, 1.82) is 0 Å². The maximum Gasteiger partial charge on any atom is 0.129 e. The molecule has 0 fully saturated rings. The number of ether oxygens (including phenoxy) is 1. The summed E-state index contributed by atoms with van der Waals surface area (Å²) in [4.78, 5) is 0. The molecule has 0 spiro atoms. The van der Waals surface area contributed by atoms with Gasteiger partial charge in [-0.1, -0.05) is 30.3 Å². The largest absolute Gasteiger partial charge is 0.497 e. The molecular weight excluding hydrogens is 231 g/mol. The molecule has 3 heteroatoms. The van der Waals surface area contributed by atoms with Crippen LogP contribution in [0.25, 0.3) is 0 Å². The molecule has 0 bridgehead atoms. The normalized spacial score (nSPS) is 12.2. The Labute approximate surface area is 106 Å². The highest BCUT2D eigenvalue weighted by Crippen LogP contribution is 2.25. The predicted octanol–water partition coefficient (Wildman–Crippen LogP) is 3.11. The van der Waals surface area contributed by atoms with Gasteiger partial charge in [0.25, 0.3) is 0 Å². The summed E-state index contributed by atoms with van der Waals surface area (Å²) in [5.41, 5.74) is 1.23. The first-order valence-corrected chi connectivity index (χ1v) is 5.76. The van der Waals surface area contributed by atoms with Crippen LogP contribution in [0.1, 0.15) is 17.2 Å². The first-order chi connectivity index (χ1) is 8.70. The molecule has 0 aliphatic rings. The zero-order chi connectivity index (χ0) is 13.0. The van der Waals surface area contributed by atoms with Crippen molar-refractivity contribution in [3.8, 4) is 5.75 Å². The van der Waals surface area contributed by atoms with E-state index in [-0.39, 0.29) is 5.56 Å². The third kappa shape index (κ3) is 2.87. The zero-order valence-corrected chi connectivity index (χ0v) is 10.1. The van der Waals surface area contributed by atoms with Crippen LogP contribution in [0.4, 0.5) is 4.39 Å². The molecule has 18 heavy (non-hydrogen) atoms. The van der Waals surface area contributed by atoms with Gasteiger partial charge in [0.2, 0.25) is 0 Å². The first-order valence-electron chi connectivity index (χ1n) is 5.76. The molecule has 0 aliphatic carbocycles. The minimum atomic E-state index is -0.873. The van der Waals surface area contributed by atoms with Crippen LogP contribution in [0.15, 0.2) is 48.5 Å². The Morgan fingerprint density at radius 1 is 1.17 bits per heavy atom. The first kappa shape index (κ1) is 12.6. The van der Waals surface area contributed by atoms with E-state index in [0.29, 0.717) is 12.2 Å². The second kappa shape index (κ2) is 5.65. The van der Waals surface area contributed by atoms with Gasteiger partial charge in [0.15, 0.2) is 0 Å². The summed E-state index contributed by atoms with van der Waals surface area (Å²) in [5.74, 6) is 0.123. The Balaban J connectivity index is 2.20. The van der Waals surface area contributed by atoms with E-state index in [2.05, 4.69) is 0 Å². The molecule has 0 aliphatic heterocycles. The highest BCUT2D eigenvalue weighted by atomic mass is 19.1. The molecule has 0 heterocycles. The Kier molecular flexibility index (Phi) is 3.95. The van der Waals surface area contributed by atoms with Crippen LogP contribution in [0.2, 0.25) is 0 Å². The van der Waals surface area contributed by atoms with Crippen molar-refractivity contribution < 1.29 is 14.2 Å². The highest BCUT2D eigenvalue weighted by molar-refractivity contribution is 5.32. The fourth-order valence-corrected chi connectivity index (χ4v) is 1.85. The molecule has 0 amide bonds. The van der Waals surface area contributed by atoms with Crippen molar-refractivity contribution >= 4 is 0 Å². The Hall–Kier alpha value is -1.87. The number of hydrogen-bond donors (Lipinski definition) is 1. The van der Waals surface area contributed by atoms with E-state index in [9.17, 15) is 9.50 Å². The number of aliphatic hydroxyl groups is 1. The van der Waals surface area contributed by atoms with Crippen molar-refractivity contribution in [2.75, 3.05) is 7.11 Å². The van der Waals surface area contributed by atoms with Gasteiger partial charge in [-0.3, -0.25) is 0 Å². The Morgan fingerprint density at radius 2 is 1.89 bits per heavy atom. The lowest BCUT2D eigenvalue weighted by molar-refractivity contribution is 0.173. The Morgan fingerprint density at radius 3 is 2.56 bits per heavy atom. The molecule has 2 rings (SSSR count). The molecule has 0 saturated heterocycles. The summed E-state index contributed by atoms with van der Waals surface area (Å²) in [5, 5.41) is 10.1. The number of aliphatic hydroxyl groups excluding tert-OH is 1. The minimum absolute atomic E-state index is 0.262. The molecule has 1 atom stereocenters. The molecule has 2 aromatic rings. The van der Waals surface area contributed by atoms with Gasteiger partial charge < -0.3 is 9.84 Å². The second-order valence-corrected chi connectivity index (χ2v) is 4.09. The third-order valence-electron chi connectivity index (χ3n) is 2.83. The minimum Gasteiger partial charge on any atom is -0.497 e. The van der Waals surface area contributed by atoms with Crippen LogP contribution >= 0.6 is 0 Å². The van der Waals surface area contributed by atoms with Gasteiger partial charge >= 0.3 is 0 Å². The van der Waals surface area contributed by atoms with Crippen molar-refractivity contribution in [1.82, 2.24) is 0 Å². The molecular formula is C15H15FO2. The van der Waals surface area contributed by atoms with Crippen molar-refractivity contribution in [3.05, 3.63) is 65.5 Å². The van der Waals surface area contributed by atoms with Crippen molar-refractivity contribution in [2.45, 2.75) is 12.5 Å². The summed E-state index contributed by atoms with van der Waals surface area (Å²) in [6.45, 7) is 0. The molecule has 94 valence electrons. The van der Waals surface area contributed by atoms with Crippen LogP contribution in [-0.2, 0) is 6.42 Å². The lowest BCUT2D eigenvalue weighted by Gasteiger charge is -2.13. The van der Waals surface area contributed by atoms with E-state index in [1.54, 1.807) is 0 Å². The summed E-state index contributed by atoms with van der Waals surface area (Å²) < 4.78 is 18.7. The smallest absolute Gasteiger partial charge is 0.129 e. The van der Waals surface area contributed by atoms with Crippen LogP contribution in [0.3, 0.4) is 0 Å². The third-order valence-corrected chi connectivity index (χ3v) is 2.83. The van der Waals surface area contributed by atoms with Gasteiger partial charge in [-0.2, -0.15) is 0 Å². The maximum absolute atomic E-state index is 13.6. The summed E-state index contributed by atoms with van der Waals surface area (Å²) >= 11 is 0. The van der Waals surface area contributed by atoms with E-state index in [0.717, 1.165) is 5.56 Å². The number of benzene rings is 2. The summed E-state index contributed by atoms with van der Waals surface area (Å²) in [7, 11) is 1.51. The maximum atomic E-state index is 13.6. The molecule has 2 aromatic carbocycles. The zero-order valence-electron chi connectivity index (χ0n) is 10.1. The van der Waals surface area contributed by atoms with Crippen molar-refractivity contribution in [2.24, 2.45) is 0 Å². The fraction of sp³-hybridized carbons (Fsp3) is 0.200. The average molecular weight is 246 g/mol.